The number of fused-ring (bicyclic) bond motifs is 3. The minimum absolute atomic E-state index is 0.0981. The quantitative estimate of drug-likeness (QED) is 0.502. The highest BCUT2D eigenvalue weighted by atomic mass is 32.1. The van der Waals surface area contributed by atoms with Gasteiger partial charge in [-0.1, -0.05) is 29.5 Å². The van der Waals surface area contributed by atoms with Crippen molar-refractivity contribution >= 4 is 54.9 Å². The number of carbonyl (C=O) groups excluding carboxylic acids is 2. The number of benzene rings is 1. The van der Waals surface area contributed by atoms with E-state index in [9.17, 15) is 14.4 Å². The van der Waals surface area contributed by atoms with Crippen molar-refractivity contribution in [1.82, 2.24) is 4.98 Å². The molecule has 8 heteroatoms. The molecule has 0 radical (unpaired) electrons. The van der Waals surface area contributed by atoms with Gasteiger partial charge in [0.15, 0.2) is 0 Å². The highest BCUT2D eigenvalue weighted by Gasteiger charge is 2.34. The van der Waals surface area contributed by atoms with Gasteiger partial charge in [-0.2, -0.15) is 0 Å². The van der Waals surface area contributed by atoms with E-state index in [1.165, 1.54) is 11.3 Å². The first-order valence-electron chi connectivity index (χ1n) is 7.72. The summed E-state index contributed by atoms with van der Waals surface area (Å²) in [6, 6.07) is 7.50. The molecule has 130 valence electrons. The van der Waals surface area contributed by atoms with Crippen LogP contribution in [0.2, 0.25) is 0 Å². The van der Waals surface area contributed by atoms with Crippen LogP contribution in [0.4, 0.5) is 0 Å². The Morgan fingerprint density at radius 3 is 2.36 bits per heavy atom. The zero-order valence-corrected chi connectivity index (χ0v) is 15.2. The number of thiophene rings is 1. The average molecular weight is 377 g/mol. The summed E-state index contributed by atoms with van der Waals surface area (Å²) in [5.41, 5.74) is 0. The van der Waals surface area contributed by atoms with E-state index in [-0.39, 0.29) is 23.0 Å². The van der Waals surface area contributed by atoms with E-state index in [4.69, 9.17) is 9.47 Å². The molecule has 0 aliphatic heterocycles. The summed E-state index contributed by atoms with van der Waals surface area (Å²) in [6.45, 7) is 3.53. The maximum Gasteiger partial charge on any atom is 0.327 e. The summed E-state index contributed by atoms with van der Waals surface area (Å²) >= 11 is 2.13. The van der Waals surface area contributed by atoms with E-state index in [0.717, 1.165) is 21.4 Å². The first-order valence-corrected chi connectivity index (χ1v) is 9.35. The molecule has 25 heavy (non-hydrogen) atoms. The fourth-order valence-corrected chi connectivity index (χ4v) is 4.60. The standard InChI is InChI=1S/C17H15NO5S2/c1-3-22-15(19)12(16(20)23-4-2)14-18-13-11(17(21)25-14)9-7-5-6-8-10(9)24-13/h5-8,12H,3-4H2,1-2H3. The predicted octanol–water partition coefficient (Wildman–Crippen LogP) is 3.08. The summed E-state index contributed by atoms with van der Waals surface area (Å²) in [6.07, 6.45) is 0. The van der Waals surface area contributed by atoms with Gasteiger partial charge in [-0.25, -0.2) is 4.98 Å². The van der Waals surface area contributed by atoms with Gasteiger partial charge in [0.2, 0.25) is 10.7 Å². The number of rotatable bonds is 5. The van der Waals surface area contributed by atoms with Crippen LogP contribution < -0.4 is 4.74 Å². The van der Waals surface area contributed by atoms with Gasteiger partial charge < -0.3 is 9.47 Å². The fraction of sp³-hybridized carbons (Fsp3) is 0.294. The Balaban J connectivity index is 2.17. The van der Waals surface area contributed by atoms with E-state index in [0.29, 0.717) is 10.2 Å². The molecule has 3 rings (SSSR count). The minimum Gasteiger partial charge on any atom is -0.465 e. The third-order valence-electron chi connectivity index (χ3n) is 3.48. The molecule has 2 heterocycles. The van der Waals surface area contributed by atoms with E-state index in [1.54, 1.807) is 13.8 Å². The Kier molecular flexibility index (Phi) is 5.10. The number of hydrogen-bond donors (Lipinski definition) is 0. The highest BCUT2D eigenvalue weighted by Crippen LogP contribution is 2.32. The van der Waals surface area contributed by atoms with Crippen LogP contribution in [0.1, 0.15) is 24.8 Å². The second-order valence-electron chi connectivity index (χ2n) is 5.06. The molecule has 1 aromatic carbocycles. The third kappa shape index (κ3) is 3.27. The van der Waals surface area contributed by atoms with Crippen LogP contribution in [0.3, 0.4) is 0 Å². The maximum atomic E-state index is 12.6. The topological polar surface area (TPSA) is 82.6 Å². The summed E-state index contributed by atoms with van der Waals surface area (Å²) in [5.74, 6) is -2.86. The SMILES string of the molecule is CCOC(=O)C(C(=O)OCC)c1nc2sc3ccccc3c2c(=O)s1. The normalized spacial score (nSPS) is 11.2. The largest absolute Gasteiger partial charge is 0.465 e. The van der Waals surface area contributed by atoms with E-state index in [2.05, 4.69) is 4.98 Å². The van der Waals surface area contributed by atoms with Crippen molar-refractivity contribution in [2.75, 3.05) is 13.2 Å². The molecule has 0 saturated carbocycles. The number of carbonyl (C=O) groups is 2. The lowest BCUT2D eigenvalue weighted by atomic mass is 10.1. The van der Waals surface area contributed by atoms with Gasteiger partial charge in [0.05, 0.1) is 18.6 Å². The van der Waals surface area contributed by atoms with Gasteiger partial charge in [0, 0.05) is 10.1 Å². The van der Waals surface area contributed by atoms with Crippen molar-refractivity contribution in [3.8, 4) is 0 Å². The van der Waals surface area contributed by atoms with Gasteiger partial charge in [-0.15, -0.1) is 11.3 Å². The lowest BCUT2D eigenvalue weighted by Gasteiger charge is -2.13. The second kappa shape index (κ2) is 7.28. The number of esters is 2. The van der Waals surface area contributed by atoms with Crippen molar-refractivity contribution in [1.29, 1.82) is 0 Å². The van der Waals surface area contributed by atoms with E-state index >= 15 is 0 Å². The van der Waals surface area contributed by atoms with Crippen LogP contribution in [0.25, 0.3) is 20.3 Å². The molecule has 2 aromatic heterocycles. The Morgan fingerprint density at radius 2 is 1.72 bits per heavy atom. The number of nitrogens with zero attached hydrogens (tertiary/aromatic N) is 1. The lowest BCUT2D eigenvalue weighted by Crippen LogP contribution is -2.27. The molecule has 0 saturated heterocycles. The lowest BCUT2D eigenvalue weighted by molar-refractivity contribution is -0.156. The smallest absolute Gasteiger partial charge is 0.327 e. The number of ether oxygens (including phenoxy) is 2. The molecule has 0 amide bonds. The highest BCUT2D eigenvalue weighted by molar-refractivity contribution is 7.26. The molecule has 0 unspecified atom stereocenters. The minimum atomic E-state index is -1.34. The molecule has 0 spiro atoms. The molecule has 6 nitrogen and oxygen atoms in total. The van der Waals surface area contributed by atoms with Gasteiger partial charge in [0.25, 0.3) is 0 Å². The van der Waals surface area contributed by atoms with Crippen LogP contribution in [-0.2, 0) is 19.1 Å². The van der Waals surface area contributed by atoms with E-state index in [1.807, 2.05) is 24.3 Å². The Morgan fingerprint density at radius 1 is 1.08 bits per heavy atom. The zero-order chi connectivity index (χ0) is 18.0. The van der Waals surface area contributed by atoms with Crippen LogP contribution >= 0.6 is 22.7 Å². The summed E-state index contributed by atoms with van der Waals surface area (Å²) in [4.78, 5) is 42.0. The summed E-state index contributed by atoms with van der Waals surface area (Å²) in [7, 11) is 0. The molecule has 3 aromatic rings. The van der Waals surface area contributed by atoms with Crippen molar-refractivity contribution in [2.24, 2.45) is 0 Å². The Bertz CT molecular complexity index is 989. The Labute approximate surface area is 151 Å². The second-order valence-corrected chi connectivity index (χ2v) is 7.08. The third-order valence-corrected chi connectivity index (χ3v) is 5.47. The number of aromatic nitrogens is 1. The molecular weight excluding hydrogens is 362 g/mol. The zero-order valence-electron chi connectivity index (χ0n) is 13.6. The summed E-state index contributed by atoms with van der Waals surface area (Å²) < 4.78 is 10.6. The molecule has 0 aliphatic carbocycles. The van der Waals surface area contributed by atoms with Gasteiger partial charge in [-0.3, -0.25) is 14.4 Å². The average Bonchev–Trinajstić information content (AvgIpc) is 2.94. The van der Waals surface area contributed by atoms with Crippen molar-refractivity contribution in [2.45, 2.75) is 19.8 Å². The fourth-order valence-electron chi connectivity index (χ4n) is 2.45. The first kappa shape index (κ1) is 17.5. The maximum absolute atomic E-state index is 12.6. The van der Waals surface area contributed by atoms with Crippen LogP contribution in [0, 0.1) is 0 Å². The molecule has 0 N–H and O–H groups in total. The van der Waals surface area contributed by atoms with Crippen LogP contribution in [0.15, 0.2) is 29.1 Å². The number of hydrogen-bond acceptors (Lipinski definition) is 8. The molecule has 0 fully saturated rings. The van der Waals surface area contributed by atoms with Crippen molar-refractivity contribution < 1.29 is 19.1 Å². The van der Waals surface area contributed by atoms with Crippen LogP contribution in [-0.4, -0.2) is 30.1 Å². The van der Waals surface area contributed by atoms with Gasteiger partial charge in [-0.05, 0) is 19.9 Å². The predicted molar refractivity (Wildman–Crippen MR) is 97.3 cm³/mol. The summed E-state index contributed by atoms with van der Waals surface area (Å²) in [5, 5.41) is 1.44. The van der Waals surface area contributed by atoms with Gasteiger partial charge in [0.1, 0.15) is 9.84 Å². The van der Waals surface area contributed by atoms with Crippen LogP contribution in [0.5, 0.6) is 0 Å². The molecule has 0 atom stereocenters. The molecule has 0 bridgehead atoms. The molecular formula is C17H15NO5S2. The first-order chi connectivity index (χ1) is 12.1. The monoisotopic (exact) mass is 377 g/mol. The Hall–Kier alpha value is -2.32. The van der Waals surface area contributed by atoms with Crippen molar-refractivity contribution in [3.63, 3.8) is 0 Å². The molecule has 0 aliphatic rings. The van der Waals surface area contributed by atoms with Gasteiger partial charge >= 0.3 is 11.9 Å². The van der Waals surface area contributed by atoms with E-state index < -0.39 is 17.9 Å². The van der Waals surface area contributed by atoms with Crippen molar-refractivity contribution in [3.05, 3.63) is 38.8 Å².